The summed E-state index contributed by atoms with van der Waals surface area (Å²) >= 11 is 2.15. The second kappa shape index (κ2) is 5.69. The van der Waals surface area contributed by atoms with Crippen LogP contribution in [-0.2, 0) is 9.53 Å². The molecule has 1 aromatic carbocycles. The first-order valence-electron chi connectivity index (χ1n) is 4.28. The molecule has 15 heavy (non-hydrogen) atoms. The van der Waals surface area contributed by atoms with E-state index < -0.39 is 5.97 Å². The van der Waals surface area contributed by atoms with E-state index in [1.54, 1.807) is 7.05 Å². The summed E-state index contributed by atoms with van der Waals surface area (Å²) in [5, 5.41) is 3.91. The summed E-state index contributed by atoms with van der Waals surface area (Å²) in [6.07, 6.45) is 0. The first kappa shape index (κ1) is 12.0. The molecule has 0 saturated carbocycles. The predicted molar refractivity (Wildman–Crippen MR) is 66.8 cm³/mol. The van der Waals surface area contributed by atoms with E-state index in [0.29, 0.717) is 0 Å². The Kier molecular flexibility index (Phi) is 4.54. The van der Waals surface area contributed by atoms with Crippen molar-refractivity contribution in [3.05, 3.63) is 33.4 Å². The fourth-order valence-corrected chi connectivity index (χ4v) is 1.72. The van der Waals surface area contributed by atoms with E-state index in [9.17, 15) is 4.79 Å². The zero-order valence-electron chi connectivity index (χ0n) is 8.45. The lowest BCUT2D eigenvalue weighted by molar-refractivity contribution is -0.132. The lowest BCUT2D eigenvalue weighted by Crippen LogP contribution is -2.21. The molecule has 1 N–H and O–H groups in total. The van der Waals surface area contributed by atoms with E-state index in [2.05, 4.69) is 37.9 Å². The Morgan fingerprint density at radius 1 is 1.47 bits per heavy atom. The van der Waals surface area contributed by atoms with E-state index in [0.717, 1.165) is 9.13 Å². The van der Waals surface area contributed by atoms with Crippen LogP contribution in [0.25, 0.3) is 0 Å². The van der Waals surface area contributed by atoms with Gasteiger partial charge in [-0.05, 0) is 28.7 Å². The largest absolute Gasteiger partial charge is 0.464 e. The van der Waals surface area contributed by atoms with Gasteiger partial charge in [-0.1, -0.05) is 18.2 Å². The van der Waals surface area contributed by atoms with Crippen LogP contribution in [0.5, 0.6) is 0 Å². The summed E-state index contributed by atoms with van der Waals surface area (Å²) in [7, 11) is 2.97. The van der Waals surface area contributed by atoms with Crippen LogP contribution in [0.1, 0.15) is 5.56 Å². The number of carbonyl (C=O) groups is 1. The molecule has 0 saturated heterocycles. The lowest BCUT2D eigenvalue weighted by Gasteiger charge is -2.06. The molecule has 0 spiro atoms. The minimum atomic E-state index is -0.450. The highest BCUT2D eigenvalue weighted by atomic mass is 127. The Labute approximate surface area is 102 Å². The van der Waals surface area contributed by atoms with Gasteiger partial charge in [0.05, 0.1) is 7.11 Å². The molecule has 0 heterocycles. The van der Waals surface area contributed by atoms with Crippen LogP contribution < -0.4 is 5.43 Å². The number of hydrazone groups is 1. The molecule has 0 atom stereocenters. The lowest BCUT2D eigenvalue weighted by atomic mass is 10.1. The minimum Gasteiger partial charge on any atom is -0.464 e. The standard InChI is InChI=1S/C10H11IN2O2/c1-12-13-9(10(14)15-2)7-5-3-4-6-8(7)11/h3-6,12H,1-2H3/b13-9-. The number of ether oxygens (including phenoxy) is 1. The minimum absolute atomic E-state index is 0.282. The monoisotopic (exact) mass is 318 g/mol. The molecule has 5 heteroatoms. The van der Waals surface area contributed by atoms with Crippen molar-refractivity contribution in [3.8, 4) is 0 Å². The van der Waals surface area contributed by atoms with Gasteiger partial charge in [-0.2, -0.15) is 5.10 Å². The van der Waals surface area contributed by atoms with Gasteiger partial charge in [0, 0.05) is 16.2 Å². The van der Waals surface area contributed by atoms with Crippen LogP contribution >= 0.6 is 22.6 Å². The van der Waals surface area contributed by atoms with Gasteiger partial charge in [0.1, 0.15) is 0 Å². The number of methoxy groups -OCH3 is 1. The van der Waals surface area contributed by atoms with E-state index in [1.165, 1.54) is 7.11 Å². The Morgan fingerprint density at radius 2 is 2.13 bits per heavy atom. The highest BCUT2D eigenvalue weighted by Crippen LogP contribution is 2.13. The van der Waals surface area contributed by atoms with Crippen LogP contribution in [0.15, 0.2) is 29.4 Å². The summed E-state index contributed by atoms with van der Waals surface area (Å²) in [4.78, 5) is 11.5. The molecule has 0 amide bonds. The van der Waals surface area contributed by atoms with Crippen molar-refractivity contribution in [2.24, 2.45) is 5.10 Å². The number of carbonyl (C=O) groups excluding carboxylic acids is 1. The number of nitrogens with one attached hydrogen (secondary N) is 1. The molecule has 4 nitrogen and oxygen atoms in total. The van der Waals surface area contributed by atoms with Crippen molar-refractivity contribution in [2.75, 3.05) is 14.2 Å². The van der Waals surface area contributed by atoms with Crippen molar-refractivity contribution in [3.63, 3.8) is 0 Å². The fraction of sp³-hybridized carbons (Fsp3) is 0.200. The quantitative estimate of drug-likeness (QED) is 0.397. The summed E-state index contributed by atoms with van der Waals surface area (Å²) < 4.78 is 5.61. The Morgan fingerprint density at radius 3 is 2.67 bits per heavy atom. The van der Waals surface area contributed by atoms with Crippen molar-refractivity contribution < 1.29 is 9.53 Å². The summed E-state index contributed by atoms with van der Waals surface area (Å²) in [6, 6.07) is 7.49. The van der Waals surface area contributed by atoms with Gasteiger partial charge in [0.2, 0.25) is 0 Å². The molecular weight excluding hydrogens is 307 g/mol. The molecular formula is C10H11IN2O2. The SMILES string of the molecule is CN/N=C(\C(=O)OC)c1ccccc1I. The van der Waals surface area contributed by atoms with Gasteiger partial charge < -0.3 is 10.2 Å². The smallest absolute Gasteiger partial charge is 0.359 e. The molecule has 0 aromatic heterocycles. The summed E-state index contributed by atoms with van der Waals surface area (Å²) in [5.41, 5.74) is 3.64. The maximum Gasteiger partial charge on any atom is 0.359 e. The van der Waals surface area contributed by atoms with Gasteiger partial charge in [-0.3, -0.25) is 0 Å². The third-order valence-electron chi connectivity index (χ3n) is 1.73. The predicted octanol–water partition coefficient (Wildman–Crippen LogP) is 1.39. The number of halogens is 1. The van der Waals surface area contributed by atoms with E-state index in [-0.39, 0.29) is 5.71 Å². The normalized spacial score (nSPS) is 11.0. The number of benzene rings is 1. The number of hydrogen-bond acceptors (Lipinski definition) is 4. The first-order valence-corrected chi connectivity index (χ1v) is 5.36. The maximum absolute atomic E-state index is 11.5. The van der Waals surface area contributed by atoms with Crippen molar-refractivity contribution in [2.45, 2.75) is 0 Å². The van der Waals surface area contributed by atoms with Gasteiger partial charge >= 0.3 is 5.97 Å². The topological polar surface area (TPSA) is 50.7 Å². The van der Waals surface area contributed by atoms with Gasteiger partial charge in [0.25, 0.3) is 0 Å². The molecule has 1 aromatic rings. The van der Waals surface area contributed by atoms with Crippen LogP contribution in [-0.4, -0.2) is 25.8 Å². The zero-order chi connectivity index (χ0) is 11.3. The second-order valence-corrected chi connectivity index (χ2v) is 3.82. The molecule has 0 aliphatic heterocycles. The van der Waals surface area contributed by atoms with Crippen LogP contribution in [0.3, 0.4) is 0 Å². The molecule has 0 unspecified atom stereocenters. The Bertz CT molecular complexity index is 391. The fourth-order valence-electron chi connectivity index (χ4n) is 1.08. The summed E-state index contributed by atoms with van der Waals surface area (Å²) in [5.74, 6) is -0.450. The first-order chi connectivity index (χ1) is 7.20. The van der Waals surface area contributed by atoms with E-state index >= 15 is 0 Å². The van der Waals surface area contributed by atoms with Crippen LogP contribution in [0, 0.1) is 3.57 Å². The molecule has 0 fully saturated rings. The second-order valence-electron chi connectivity index (χ2n) is 2.66. The van der Waals surface area contributed by atoms with Crippen molar-refractivity contribution in [1.29, 1.82) is 0 Å². The number of rotatable bonds is 3. The Balaban J connectivity index is 3.17. The highest BCUT2D eigenvalue weighted by Gasteiger charge is 2.16. The van der Waals surface area contributed by atoms with Crippen molar-refractivity contribution in [1.82, 2.24) is 5.43 Å². The van der Waals surface area contributed by atoms with E-state index in [4.69, 9.17) is 0 Å². The molecule has 80 valence electrons. The molecule has 0 aliphatic carbocycles. The highest BCUT2D eigenvalue weighted by molar-refractivity contribution is 14.1. The van der Waals surface area contributed by atoms with Crippen LogP contribution in [0.2, 0.25) is 0 Å². The summed E-state index contributed by atoms with van der Waals surface area (Å²) in [6.45, 7) is 0. The third kappa shape index (κ3) is 2.92. The van der Waals surface area contributed by atoms with Crippen molar-refractivity contribution >= 4 is 34.3 Å². The van der Waals surface area contributed by atoms with Gasteiger partial charge in [-0.25, -0.2) is 4.79 Å². The zero-order valence-corrected chi connectivity index (χ0v) is 10.6. The average molecular weight is 318 g/mol. The number of esters is 1. The molecule has 0 bridgehead atoms. The van der Waals surface area contributed by atoms with E-state index in [1.807, 2.05) is 24.3 Å². The third-order valence-corrected chi connectivity index (χ3v) is 2.67. The Hall–Kier alpha value is -1.11. The number of hydrogen-bond donors (Lipinski definition) is 1. The molecule has 1 rings (SSSR count). The number of nitrogens with zero attached hydrogens (tertiary/aromatic N) is 1. The van der Waals surface area contributed by atoms with Crippen LogP contribution in [0.4, 0.5) is 0 Å². The average Bonchev–Trinajstić information content (AvgIpc) is 2.26. The van der Waals surface area contributed by atoms with Gasteiger partial charge in [0.15, 0.2) is 5.71 Å². The van der Waals surface area contributed by atoms with Gasteiger partial charge in [-0.15, -0.1) is 0 Å². The maximum atomic E-state index is 11.5. The molecule has 0 aliphatic rings. The molecule has 0 radical (unpaired) electrons.